The second-order valence-corrected chi connectivity index (χ2v) is 6.01. The molecule has 110 valence electrons. The van der Waals surface area contributed by atoms with Crippen LogP contribution in [-0.4, -0.2) is 26.9 Å². The zero-order chi connectivity index (χ0) is 15.0. The quantitative estimate of drug-likeness (QED) is 0.733. The van der Waals surface area contributed by atoms with Gasteiger partial charge < -0.3 is 10.8 Å². The van der Waals surface area contributed by atoms with Crippen LogP contribution in [0.4, 0.5) is 5.82 Å². The maximum Gasteiger partial charge on any atom is 0.341 e. The molecule has 1 fully saturated rings. The van der Waals surface area contributed by atoms with Gasteiger partial charge in [-0.1, -0.05) is 6.07 Å². The van der Waals surface area contributed by atoms with Crippen LogP contribution < -0.4 is 10.5 Å². The van der Waals surface area contributed by atoms with Crippen LogP contribution in [0.15, 0.2) is 29.3 Å². The number of carboxylic acid groups (broad SMARTS) is 1. The number of nitrogens with one attached hydrogen (secondary N) is 1. The summed E-state index contributed by atoms with van der Waals surface area (Å²) < 4.78 is 4.84. The van der Waals surface area contributed by atoms with Crippen LogP contribution in [0.2, 0.25) is 0 Å². The van der Waals surface area contributed by atoms with Gasteiger partial charge in [-0.25, -0.2) is 9.48 Å². The largest absolute Gasteiger partial charge is 0.477 e. The van der Waals surface area contributed by atoms with Crippen LogP contribution in [0.3, 0.4) is 0 Å². The summed E-state index contributed by atoms with van der Waals surface area (Å²) in [6.45, 7) is 1.94. The van der Waals surface area contributed by atoms with Crippen LogP contribution in [0, 0.1) is 6.92 Å². The van der Waals surface area contributed by atoms with E-state index in [0.717, 1.165) is 16.1 Å². The Hall–Kier alpha value is -1.99. The Kier molecular flexibility index (Phi) is 3.60. The van der Waals surface area contributed by atoms with Crippen LogP contribution in [0.25, 0.3) is 5.69 Å². The monoisotopic (exact) mass is 304 g/mol. The van der Waals surface area contributed by atoms with E-state index in [4.69, 9.17) is 10.8 Å². The fraction of sp³-hybridized carbons (Fsp3) is 0.286. The summed E-state index contributed by atoms with van der Waals surface area (Å²) in [6, 6.07) is 6.57. The number of aromatic nitrogens is 2. The molecule has 1 aromatic heterocycles. The first-order valence-corrected chi connectivity index (χ1v) is 7.48. The zero-order valence-corrected chi connectivity index (χ0v) is 12.4. The van der Waals surface area contributed by atoms with Gasteiger partial charge in [0.1, 0.15) is 11.4 Å². The number of rotatable bonds is 5. The Morgan fingerprint density at radius 3 is 2.90 bits per heavy atom. The number of aryl methyl sites for hydroxylation is 1. The van der Waals surface area contributed by atoms with Gasteiger partial charge in [-0.3, -0.25) is 4.72 Å². The van der Waals surface area contributed by atoms with Crippen molar-refractivity contribution in [3.05, 3.63) is 35.5 Å². The molecule has 1 aromatic carbocycles. The minimum absolute atomic E-state index is 0.0172. The number of benzene rings is 1. The molecule has 2 aromatic rings. The number of hydrogen-bond acceptors (Lipinski definition) is 5. The van der Waals surface area contributed by atoms with Crippen molar-refractivity contribution in [1.82, 2.24) is 14.5 Å². The molecule has 1 aliphatic carbocycles. The molecule has 0 bridgehead atoms. The minimum atomic E-state index is -1.07. The lowest BCUT2D eigenvalue weighted by molar-refractivity contribution is 0.0698. The molecule has 0 atom stereocenters. The number of anilines is 1. The molecule has 0 spiro atoms. The van der Waals surface area contributed by atoms with Crippen molar-refractivity contribution in [3.8, 4) is 5.69 Å². The molecule has 0 radical (unpaired) electrons. The van der Waals surface area contributed by atoms with Crippen molar-refractivity contribution in [1.29, 1.82) is 0 Å². The number of nitrogen functional groups attached to an aromatic ring is 1. The second kappa shape index (κ2) is 5.42. The predicted octanol–water partition coefficient (Wildman–Crippen LogP) is 2.22. The second-order valence-electron chi connectivity index (χ2n) is 5.10. The summed E-state index contributed by atoms with van der Waals surface area (Å²) in [5.41, 5.74) is 7.68. The smallest absolute Gasteiger partial charge is 0.341 e. The summed E-state index contributed by atoms with van der Waals surface area (Å²) >= 11 is 1.58. The first-order chi connectivity index (χ1) is 10.1. The van der Waals surface area contributed by atoms with E-state index in [1.807, 2.05) is 25.1 Å². The van der Waals surface area contributed by atoms with E-state index in [9.17, 15) is 4.79 Å². The Bertz CT molecular complexity index is 694. The molecule has 7 heteroatoms. The lowest BCUT2D eigenvalue weighted by Gasteiger charge is -2.10. The molecule has 0 aliphatic heterocycles. The van der Waals surface area contributed by atoms with Crippen LogP contribution in [0.5, 0.6) is 0 Å². The first kappa shape index (κ1) is 14.0. The van der Waals surface area contributed by atoms with Gasteiger partial charge in [0, 0.05) is 10.9 Å². The molecule has 0 amide bonds. The fourth-order valence-electron chi connectivity index (χ4n) is 1.95. The minimum Gasteiger partial charge on any atom is -0.477 e. The topological polar surface area (TPSA) is 93.2 Å². The highest BCUT2D eigenvalue weighted by Crippen LogP contribution is 2.28. The van der Waals surface area contributed by atoms with E-state index in [-0.39, 0.29) is 11.4 Å². The maximum absolute atomic E-state index is 11.1. The van der Waals surface area contributed by atoms with Crippen LogP contribution in [0.1, 0.15) is 28.8 Å². The van der Waals surface area contributed by atoms with Gasteiger partial charge in [0.2, 0.25) is 0 Å². The van der Waals surface area contributed by atoms with Gasteiger partial charge in [-0.2, -0.15) is 5.10 Å². The Labute approximate surface area is 126 Å². The third-order valence-corrected chi connectivity index (χ3v) is 4.31. The molecular formula is C14H16N4O2S. The number of nitrogens with two attached hydrogens (primary N) is 1. The standard InChI is InChI=1S/C14H16N4O2S/c1-8-2-5-10(21-17-9-3-4-9)6-12(8)18-13(15)11(7-16-18)14(19)20/h2,5-7,9,17H,3-4,15H2,1H3,(H,19,20). The summed E-state index contributed by atoms with van der Waals surface area (Å²) in [5.74, 6) is -0.930. The highest BCUT2D eigenvalue weighted by atomic mass is 32.2. The zero-order valence-electron chi connectivity index (χ0n) is 11.5. The molecule has 1 saturated carbocycles. The van der Waals surface area contributed by atoms with E-state index < -0.39 is 5.97 Å². The third-order valence-electron chi connectivity index (χ3n) is 3.37. The molecule has 1 heterocycles. The number of aromatic carboxylic acids is 1. The number of carboxylic acids is 1. The molecule has 21 heavy (non-hydrogen) atoms. The average molecular weight is 304 g/mol. The number of nitrogens with zero attached hydrogens (tertiary/aromatic N) is 2. The molecular weight excluding hydrogens is 288 g/mol. The van der Waals surface area contributed by atoms with E-state index in [1.54, 1.807) is 11.9 Å². The summed E-state index contributed by atoms with van der Waals surface area (Å²) in [7, 11) is 0. The lowest BCUT2D eigenvalue weighted by Crippen LogP contribution is -2.08. The van der Waals surface area contributed by atoms with Gasteiger partial charge in [0.25, 0.3) is 0 Å². The summed E-state index contributed by atoms with van der Waals surface area (Å²) in [5, 5.41) is 13.2. The highest BCUT2D eigenvalue weighted by Gasteiger charge is 2.21. The van der Waals surface area contributed by atoms with Crippen molar-refractivity contribution in [2.24, 2.45) is 0 Å². The normalized spacial score (nSPS) is 14.3. The molecule has 3 rings (SSSR count). The molecule has 1 aliphatic rings. The van der Waals surface area contributed by atoms with Gasteiger partial charge >= 0.3 is 5.97 Å². The molecule has 4 N–H and O–H groups in total. The van der Waals surface area contributed by atoms with Crippen molar-refractivity contribution >= 4 is 23.7 Å². The Balaban J connectivity index is 1.92. The first-order valence-electron chi connectivity index (χ1n) is 6.66. The van der Waals surface area contributed by atoms with Gasteiger partial charge in [0.15, 0.2) is 0 Å². The average Bonchev–Trinajstić information content (AvgIpc) is 3.20. The Morgan fingerprint density at radius 1 is 1.52 bits per heavy atom. The highest BCUT2D eigenvalue weighted by molar-refractivity contribution is 7.97. The van der Waals surface area contributed by atoms with Crippen molar-refractivity contribution < 1.29 is 9.90 Å². The van der Waals surface area contributed by atoms with Crippen LogP contribution >= 0.6 is 11.9 Å². The molecule has 0 unspecified atom stereocenters. The lowest BCUT2D eigenvalue weighted by atomic mass is 10.2. The van der Waals surface area contributed by atoms with Gasteiger partial charge in [0.05, 0.1) is 11.9 Å². The number of carbonyl (C=O) groups is 1. The van der Waals surface area contributed by atoms with E-state index in [2.05, 4.69) is 9.82 Å². The van der Waals surface area contributed by atoms with Crippen molar-refractivity contribution in [2.75, 3.05) is 5.73 Å². The molecule has 6 nitrogen and oxygen atoms in total. The van der Waals surface area contributed by atoms with E-state index in [0.29, 0.717) is 6.04 Å². The van der Waals surface area contributed by atoms with E-state index >= 15 is 0 Å². The van der Waals surface area contributed by atoms with Gasteiger partial charge in [-0.05, 0) is 49.4 Å². The third kappa shape index (κ3) is 2.88. The Morgan fingerprint density at radius 2 is 2.29 bits per heavy atom. The van der Waals surface area contributed by atoms with Crippen molar-refractivity contribution in [2.45, 2.75) is 30.7 Å². The fourth-order valence-corrected chi connectivity index (χ4v) is 2.79. The van der Waals surface area contributed by atoms with Gasteiger partial charge in [-0.15, -0.1) is 0 Å². The SMILES string of the molecule is Cc1ccc(SNC2CC2)cc1-n1ncc(C(=O)O)c1N. The predicted molar refractivity (Wildman–Crippen MR) is 81.7 cm³/mol. The van der Waals surface area contributed by atoms with E-state index in [1.165, 1.54) is 23.7 Å². The maximum atomic E-state index is 11.1. The van der Waals surface area contributed by atoms with Crippen LogP contribution in [-0.2, 0) is 0 Å². The summed E-state index contributed by atoms with van der Waals surface area (Å²) in [6.07, 6.45) is 3.72. The van der Waals surface area contributed by atoms with Crippen molar-refractivity contribution in [3.63, 3.8) is 0 Å². The molecule has 0 saturated heterocycles. The summed E-state index contributed by atoms with van der Waals surface area (Å²) in [4.78, 5) is 12.1. The number of hydrogen-bond donors (Lipinski definition) is 3.